The highest BCUT2D eigenvalue weighted by atomic mass is 35.5. The molecule has 436 valence electrons. The number of hydrogen-bond acceptors (Lipinski definition) is 18. The number of benzene rings is 4. The maximum absolute atomic E-state index is 11.8. The number of nitrogens with two attached hydrogens (primary N) is 2. The zero-order valence-electron chi connectivity index (χ0n) is 47.0. The van der Waals surface area contributed by atoms with Crippen LogP contribution in [0.15, 0.2) is 135 Å². The Morgan fingerprint density at radius 1 is 0.458 bits per heavy atom. The molecule has 26 heteroatoms. The van der Waals surface area contributed by atoms with Gasteiger partial charge in [0.1, 0.15) is 33.8 Å². The number of nitrogen functional groups attached to an aromatic ring is 2. The van der Waals surface area contributed by atoms with Crippen LogP contribution in [0, 0.1) is 27.7 Å². The molecule has 4 heterocycles. The third-order valence-electron chi connectivity index (χ3n) is 9.74. The maximum atomic E-state index is 11.8. The van der Waals surface area contributed by atoms with E-state index in [4.69, 9.17) is 78.9 Å². The zero-order chi connectivity index (χ0) is 61.4. The predicted molar refractivity (Wildman–Crippen MR) is 335 cm³/mol. The number of amides is 3. The molecule has 21 nitrogen and oxygen atoms in total. The van der Waals surface area contributed by atoms with Crippen molar-refractivity contribution in [3.63, 3.8) is 0 Å². The lowest BCUT2D eigenvalue weighted by atomic mass is 10.2. The number of aromatic nitrogens is 8. The lowest BCUT2D eigenvalue weighted by molar-refractivity contribution is -0.111. The molecule has 0 aliphatic carbocycles. The molecule has 0 spiro atoms. The molecule has 4 aromatic heterocycles. The van der Waals surface area contributed by atoms with Crippen LogP contribution in [0.5, 0.6) is 0 Å². The molecule has 8 rings (SSSR count). The minimum atomic E-state index is -0.547. The Bertz CT molecular complexity index is 3490. The van der Waals surface area contributed by atoms with Crippen molar-refractivity contribution in [2.45, 2.75) is 80.4 Å². The van der Waals surface area contributed by atoms with Crippen LogP contribution in [0.25, 0.3) is 0 Å². The van der Waals surface area contributed by atoms with Gasteiger partial charge >= 0.3 is 12.2 Å². The van der Waals surface area contributed by atoms with Crippen LogP contribution in [-0.2, 0) is 14.3 Å². The largest absolute Gasteiger partial charge is 0.444 e. The smallest absolute Gasteiger partial charge is 0.412 e. The molecule has 3 amide bonds. The summed E-state index contributed by atoms with van der Waals surface area (Å²) in [5, 5.41) is 18.6. The van der Waals surface area contributed by atoms with Crippen molar-refractivity contribution in [3.8, 4) is 0 Å². The van der Waals surface area contributed by atoms with Gasteiger partial charge in [-0.05, 0) is 195 Å². The first-order valence-electron chi connectivity index (χ1n) is 24.8. The summed E-state index contributed by atoms with van der Waals surface area (Å²) in [4.78, 5) is 65.9. The van der Waals surface area contributed by atoms with Crippen molar-refractivity contribution in [2.75, 3.05) is 43.4 Å². The number of aryl methyl sites for hydroxylation is 4. The summed E-state index contributed by atoms with van der Waals surface area (Å²) in [5.74, 6) is 1.66. The number of anilines is 11. The molecule has 0 atom stereocenters. The number of nitrogens with zero attached hydrogens (tertiary/aromatic N) is 8. The van der Waals surface area contributed by atoms with Crippen LogP contribution < -0.4 is 43.4 Å². The molecular formula is C57H63Cl5N16O5. The topological polar surface area (TPSA) is 297 Å². The maximum Gasteiger partial charge on any atom is 0.412 e. The molecule has 0 bridgehead atoms. The van der Waals surface area contributed by atoms with E-state index in [1.807, 2.05) is 118 Å². The van der Waals surface area contributed by atoms with Gasteiger partial charge in [0.05, 0.1) is 0 Å². The van der Waals surface area contributed by atoms with E-state index in [2.05, 4.69) is 78.4 Å². The van der Waals surface area contributed by atoms with Crippen LogP contribution in [-0.4, -0.2) is 69.2 Å². The summed E-state index contributed by atoms with van der Waals surface area (Å²) in [6, 6.07) is 28.8. The highest BCUT2D eigenvalue weighted by Crippen LogP contribution is 2.25. The van der Waals surface area contributed by atoms with E-state index >= 15 is 0 Å². The number of nitrogens with one attached hydrogen (secondary N) is 6. The minimum absolute atomic E-state index is 0.168. The Balaban J connectivity index is 0.000000229. The highest BCUT2D eigenvalue weighted by Gasteiger charge is 2.18. The summed E-state index contributed by atoms with van der Waals surface area (Å²) >= 11 is 28.3. The molecule has 0 aliphatic heterocycles. The second-order valence-corrected chi connectivity index (χ2v) is 21.1. The van der Waals surface area contributed by atoms with Gasteiger partial charge in [-0.1, -0.05) is 42.4 Å². The van der Waals surface area contributed by atoms with Gasteiger partial charge in [0.15, 0.2) is 0 Å². The summed E-state index contributed by atoms with van der Waals surface area (Å²) in [7, 11) is 0. The quantitative estimate of drug-likeness (QED) is 0.0273. The predicted octanol–water partition coefficient (Wildman–Crippen LogP) is 15.3. The number of hydrogen-bond donors (Lipinski definition) is 8. The van der Waals surface area contributed by atoms with E-state index in [0.717, 1.165) is 39.3 Å². The molecule has 0 radical (unpaired) electrons. The number of carbonyl (C=O) groups excluding carboxylic acids is 3. The third-order valence-corrected chi connectivity index (χ3v) is 10.8. The highest BCUT2D eigenvalue weighted by molar-refractivity contribution is 6.32. The SMILES string of the molecule is C=CC(=O)Nc1cccc(Nc2nc(Cl)ncc2C)c1.CC(C)(C)OC(=O)Nc1cccc(N)c1.Cc1cnc(Cl)nc1Cl.Cc1cnc(Cl)nc1Nc1cccc(N)c1.Cc1cnc(Cl)nc1Nc1cccc(NC(=O)OC(C)(C)C)c1. The van der Waals surface area contributed by atoms with Gasteiger partial charge in [-0.2, -0.15) is 0 Å². The van der Waals surface area contributed by atoms with Crippen molar-refractivity contribution >= 4 is 139 Å². The van der Waals surface area contributed by atoms with E-state index in [0.29, 0.717) is 51.0 Å². The van der Waals surface area contributed by atoms with E-state index in [1.165, 1.54) is 6.08 Å². The molecule has 0 aliphatic rings. The van der Waals surface area contributed by atoms with Gasteiger partial charge in [-0.3, -0.25) is 15.4 Å². The molecule has 4 aromatic carbocycles. The lowest BCUT2D eigenvalue weighted by Gasteiger charge is -2.19. The summed E-state index contributed by atoms with van der Waals surface area (Å²) < 4.78 is 10.3. The Morgan fingerprint density at radius 3 is 1.10 bits per heavy atom. The van der Waals surface area contributed by atoms with Crippen LogP contribution in [0.4, 0.5) is 72.5 Å². The first-order valence-corrected chi connectivity index (χ1v) is 26.7. The number of halogens is 5. The van der Waals surface area contributed by atoms with E-state index in [1.54, 1.807) is 73.3 Å². The van der Waals surface area contributed by atoms with Gasteiger partial charge in [0, 0.05) is 92.5 Å². The molecule has 0 unspecified atom stereocenters. The van der Waals surface area contributed by atoms with E-state index in [9.17, 15) is 14.4 Å². The average molecular weight is 1230 g/mol. The fraction of sp³-hybridized carbons (Fsp3) is 0.211. The zero-order valence-corrected chi connectivity index (χ0v) is 50.8. The van der Waals surface area contributed by atoms with E-state index in [-0.39, 0.29) is 27.0 Å². The van der Waals surface area contributed by atoms with Gasteiger partial charge in [-0.15, -0.1) is 0 Å². The Hall–Kier alpha value is -8.60. The van der Waals surface area contributed by atoms with Gasteiger partial charge in [0.25, 0.3) is 0 Å². The summed E-state index contributed by atoms with van der Waals surface area (Å²) in [5.41, 5.74) is 19.3. The normalized spacial score (nSPS) is 10.4. The Labute approximate surface area is 506 Å². The standard InChI is InChI=1S/C16H19ClN4O2.C14H13ClN4O.C11H11ClN4.C11H16N2O2.C5H4Cl2N2/c1-10-9-18-14(17)21-13(10)19-11-6-5-7-12(8-11)20-15(22)23-16(2,3)4;1-3-12(20)17-10-5-4-6-11(7-10)18-13-9(2)8-16-14(15)19-13;1-7-6-14-11(12)16-10(7)15-9-4-2-3-8(13)5-9;1-11(2,3)15-10(14)13-9-6-4-5-8(12)7-9;1-3-2-8-5(7)9-4(3)6/h5-9H,1-4H3,(H,20,22)(H,18,19,21);3-8H,1H2,2H3,(H,17,20)(H,16,18,19);2-6H,13H2,1H3,(H,14,15,16);4-7H,12H2,1-3H3,(H,13,14);2H,1H3. The first-order chi connectivity index (χ1) is 39.0. The van der Waals surface area contributed by atoms with Crippen LogP contribution in [0.3, 0.4) is 0 Å². The number of rotatable bonds is 10. The fourth-order valence-corrected chi connectivity index (χ4v) is 6.78. The van der Waals surface area contributed by atoms with Crippen molar-refractivity contribution in [3.05, 3.63) is 183 Å². The van der Waals surface area contributed by atoms with Crippen LogP contribution in [0.2, 0.25) is 26.3 Å². The van der Waals surface area contributed by atoms with Crippen molar-refractivity contribution in [1.82, 2.24) is 39.9 Å². The molecule has 83 heavy (non-hydrogen) atoms. The third kappa shape index (κ3) is 26.2. The number of ether oxygens (including phenoxy) is 2. The van der Waals surface area contributed by atoms with Gasteiger partial charge < -0.3 is 42.2 Å². The second kappa shape index (κ2) is 32.1. The summed E-state index contributed by atoms with van der Waals surface area (Å²) in [6.07, 6.45) is 6.77. The van der Waals surface area contributed by atoms with Crippen LogP contribution in [0.1, 0.15) is 63.8 Å². The van der Waals surface area contributed by atoms with Crippen molar-refractivity contribution in [1.29, 1.82) is 0 Å². The molecular weight excluding hydrogens is 1170 g/mol. The lowest BCUT2D eigenvalue weighted by Crippen LogP contribution is -2.27. The Morgan fingerprint density at radius 2 is 0.759 bits per heavy atom. The summed E-state index contributed by atoms with van der Waals surface area (Å²) in [6.45, 7) is 21.8. The average Bonchev–Trinajstić information content (AvgIpc) is 3.53. The fourth-order valence-electron chi connectivity index (χ4n) is 6.07. The molecule has 0 fully saturated rings. The monoisotopic (exact) mass is 1230 g/mol. The minimum Gasteiger partial charge on any atom is -0.444 e. The van der Waals surface area contributed by atoms with Gasteiger partial charge in [0.2, 0.25) is 27.0 Å². The second-order valence-electron chi connectivity index (χ2n) is 19.4. The van der Waals surface area contributed by atoms with E-state index < -0.39 is 23.4 Å². The first kappa shape index (κ1) is 66.9. The number of carbonyl (C=O) groups is 3. The van der Waals surface area contributed by atoms with Gasteiger partial charge in [-0.25, -0.2) is 49.5 Å². The molecule has 10 N–H and O–H groups in total. The van der Waals surface area contributed by atoms with Crippen LogP contribution >= 0.6 is 58.0 Å². The molecule has 0 saturated heterocycles. The molecule has 0 saturated carbocycles. The molecule has 8 aromatic rings. The van der Waals surface area contributed by atoms with Crippen molar-refractivity contribution < 1.29 is 23.9 Å². The van der Waals surface area contributed by atoms with Crippen molar-refractivity contribution in [2.24, 2.45) is 0 Å². The Kier molecular flexibility index (Phi) is 25.9.